The highest BCUT2D eigenvalue weighted by molar-refractivity contribution is 6.31. The number of benzene rings is 2. The van der Waals surface area contributed by atoms with Crippen molar-refractivity contribution in [3.05, 3.63) is 58.1 Å². The maximum Gasteiger partial charge on any atom is 0.417 e. The number of unbranched alkanes of at least 4 members (excludes halogenated alkanes) is 1. The molecule has 0 fully saturated rings. The zero-order valence-electron chi connectivity index (χ0n) is 16.0. The zero-order valence-corrected chi connectivity index (χ0v) is 16.7. The number of hydrogen-bond donors (Lipinski definition) is 2. The third-order valence-electron chi connectivity index (χ3n) is 5.04. The third-order valence-corrected chi connectivity index (χ3v) is 5.37. The number of aryl methyl sites for hydroxylation is 1. The van der Waals surface area contributed by atoms with Gasteiger partial charge in [-0.05, 0) is 60.5 Å². The van der Waals surface area contributed by atoms with E-state index in [2.05, 4.69) is 24.9 Å². The van der Waals surface area contributed by atoms with Crippen molar-refractivity contribution in [1.82, 2.24) is 4.98 Å². The number of fused-ring (bicyclic) bond motifs is 1. The molecule has 0 unspecified atom stereocenters. The summed E-state index contributed by atoms with van der Waals surface area (Å²) in [4.78, 5) is 3.41. The highest BCUT2D eigenvalue weighted by atomic mass is 35.5. The molecule has 0 aliphatic rings. The molecule has 3 rings (SSSR count). The Labute approximate surface area is 167 Å². The first-order valence-corrected chi connectivity index (χ1v) is 9.82. The predicted molar refractivity (Wildman–Crippen MR) is 110 cm³/mol. The summed E-state index contributed by atoms with van der Waals surface area (Å²) in [5.41, 5.74) is 9.19. The molecular formula is C22H24ClF3N2. The average Bonchev–Trinajstić information content (AvgIpc) is 3.00. The molecule has 1 aromatic heterocycles. The van der Waals surface area contributed by atoms with Crippen LogP contribution in [-0.4, -0.2) is 11.5 Å². The predicted octanol–water partition coefficient (Wildman–Crippen LogP) is 6.91. The number of aromatic nitrogens is 1. The summed E-state index contributed by atoms with van der Waals surface area (Å²) in [5.74, 6) is 0.294. The molecule has 0 amide bonds. The van der Waals surface area contributed by atoms with Crippen LogP contribution in [-0.2, 0) is 12.6 Å². The van der Waals surface area contributed by atoms with Crippen LogP contribution in [0.15, 0.2) is 36.4 Å². The Kier molecular flexibility index (Phi) is 6.06. The molecule has 0 aliphatic heterocycles. The van der Waals surface area contributed by atoms with Gasteiger partial charge in [0.25, 0.3) is 0 Å². The second kappa shape index (κ2) is 8.18. The maximum atomic E-state index is 13.4. The number of nitrogens with two attached hydrogens (primary N) is 1. The van der Waals surface area contributed by atoms with Crippen LogP contribution in [0.1, 0.15) is 49.3 Å². The van der Waals surface area contributed by atoms with Gasteiger partial charge in [0.15, 0.2) is 0 Å². The molecule has 28 heavy (non-hydrogen) atoms. The minimum absolute atomic E-state index is 0.292. The Bertz CT molecular complexity index is 974. The van der Waals surface area contributed by atoms with E-state index >= 15 is 0 Å². The fraction of sp³-hybridized carbons (Fsp3) is 0.364. The van der Waals surface area contributed by atoms with Crippen LogP contribution < -0.4 is 5.73 Å². The number of para-hydroxylation sites is 1. The number of aromatic amines is 1. The van der Waals surface area contributed by atoms with E-state index in [9.17, 15) is 13.2 Å². The molecule has 3 N–H and O–H groups in total. The highest BCUT2D eigenvalue weighted by Gasteiger charge is 2.33. The Morgan fingerprint density at radius 1 is 1.11 bits per heavy atom. The minimum Gasteiger partial charge on any atom is -0.354 e. The Hall–Kier alpha value is -1.98. The van der Waals surface area contributed by atoms with Crippen molar-refractivity contribution in [2.45, 2.75) is 45.2 Å². The van der Waals surface area contributed by atoms with Crippen LogP contribution in [0.2, 0.25) is 5.02 Å². The lowest BCUT2D eigenvalue weighted by atomic mass is 9.96. The summed E-state index contributed by atoms with van der Waals surface area (Å²) in [6.45, 7) is 4.80. The third kappa shape index (κ3) is 4.06. The maximum absolute atomic E-state index is 13.4. The minimum atomic E-state index is -4.50. The lowest BCUT2D eigenvalue weighted by Gasteiger charge is -2.12. The quantitative estimate of drug-likeness (QED) is 0.427. The smallest absolute Gasteiger partial charge is 0.354 e. The van der Waals surface area contributed by atoms with Gasteiger partial charge in [-0.25, -0.2) is 0 Å². The van der Waals surface area contributed by atoms with Gasteiger partial charge in [0.05, 0.1) is 10.6 Å². The molecule has 3 aromatic rings. The van der Waals surface area contributed by atoms with Crippen LogP contribution in [0.5, 0.6) is 0 Å². The Morgan fingerprint density at radius 2 is 1.86 bits per heavy atom. The summed E-state index contributed by atoms with van der Waals surface area (Å²) in [7, 11) is 0. The molecule has 2 aromatic carbocycles. The fourth-order valence-electron chi connectivity index (χ4n) is 3.63. The number of H-pyrrole nitrogens is 1. The van der Waals surface area contributed by atoms with E-state index in [0.29, 0.717) is 18.0 Å². The average molecular weight is 409 g/mol. The molecule has 0 aliphatic carbocycles. The summed E-state index contributed by atoms with van der Waals surface area (Å²) in [6, 6.07) is 10.2. The summed E-state index contributed by atoms with van der Waals surface area (Å²) >= 11 is 5.81. The van der Waals surface area contributed by atoms with E-state index in [-0.39, 0.29) is 5.02 Å². The van der Waals surface area contributed by atoms with Crippen LogP contribution in [0.4, 0.5) is 13.2 Å². The standard InChI is InChI=1S/C22H24ClF3N2/c1-13(2)15-7-5-8-17-16(6-3-4-11-27)20(28-21(15)17)14-9-10-19(23)18(12-14)22(24,25)26/h5,7-10,12-13,28H,3-4,6,11,27H2,1-2H3. The number of halogens is 4. The number of alkyl halides is 3. The SMILES string of the molecule is CC(C)c1cccc2c(CCCCN)c(-c3ccc(Cl)c(C(F)(F)F)c3)[nH]c12. The van der Waals surface area contributed by atoms with Gasteiger partial charge < -0.3 is 10.7 Å². The van der Waals surface area contributed by atoms with E-state index in [0.717, 1.165) is 53.1 Å². The van der Waals surface area contributed by atoms with Gasteiger partial charge in [0, 0.05) is 16.6 Å². The Balaban J connectivity index is 2.22. The normalized spacial score (nSPS) is 12.3. The van der Waals surface area contributed by atoms with Crippen LogP contribution >= 0.6 is 11.6 Å². The number of rotatable bonds is 6. The van der Waals surface area contributed by atoms with Gasteiger partial charge in [0.1, 0.15) is 0 Å². The molecule has 0 saturated carbocycles. The Morgan fingerprint density at radius 3 is 2.50 bits per heavy atom. The van der Waals surface area contributed by atoms with E-state index < -0.39 is 11.7 Å². The second-order valence-electron chi connectivity index (χ2n) is 7.34. The van der Waals surface area contributed by atoms with E-state index in [1.54, 1.807) is 6.07 Å². The zero-order chi connectivity index (χ0) is 20.5. The van der Waals surface area contributed by atoms with Gasteiger partial charge in [-0.1, -0.05) is 49.7 Å². The molecule has 0 radical (unpaired) electrons. The van der Waals surface area contributed by atoms with Crippen molar-refractivity contribution in [3.8, 4) is 11.3 Å². The first-order valence-electron chi connectivity index (χ1n) is 9.44. The van der Waals surface area contributed by atoms with Crippen molar-refractivity contribution < 1.29 is 13.2 Å². The summed E-state index contributed by atoms with van der Waals surface area (Å²) in [5, 5.41) is 0.765. The molecule has 150 valence electrons. The van der Waals surface area contributed by atoms with E-state index in [1.807, 2.05) is 12.1 Å². The van der Waals surface area contributed by atoms with Crippen molar-refractivity contribution in [1.29, 1.82) is 0 Å². The van der Waals surface area contributed by atoms with E-state index in [4.69, 9.17) is 17.3 Å². The molecule has 6 heteroatoms. The molecule has 2 nitrogen and oxygen atoms in total. The molecule has 0 atom stereocenters. The van der Waals surface area contributed by atoms with Crippen LogP contribution in [0.25, 0.3) is 22.2 Å². The van der Waals surface area contributed by atoms with Crippen molar-refractivity contribution >= 4 is 22.5 Å². The van der Waals surface area contributed by atoms with E-state index in [1.165, 1.54) is 6.07 Å². The molecule has 0 bridgehead atoms. The van der Waals surface area contributed by atoms with Crippen LogP contribution in [0.3, 0.4) is 0 Å². The lowest BCUT2D eigenvalue weighted by Crippen LogP contribution is -2.06. The summed E-state index contributed by atoms with van der Waals surface area (Å²) in [6.07, 6.45) is -2.01. The number of nitrogens with one attached hydrogen (secondary N) is 1. The highest BCUT2D eigenvalue weighted by Crippen LogP contribution is 2.40. The van der Waals surface area contributed by atoms with Crippen LogP contribution in [0, 0.1) is 0 Å². The number of hydrogen-bond acceptors (Lipinski definition) is 1. The summed E-state index contributed by atoms with van der Waals surface area (Å²) < 4.78 is 40.1. The second-order valence-corrected chi connectivity index (χ2v) is 7.75. The van der Waals surface area contributed by atoms with Gasteiger partial charge in [-0.3, -0.25) is 0 Å². The van der Waals surface area contributed by atoms with Gasteiger partial charge in [-0.15, -0.1) is 0 Å². The molecule has 0 spiro atoms. The van der Waals surface area contributed by atoms with Gasteiger partial charge in [-0.2, -0.15) is 13.2 Å². The van der Waals surface area contributed by atoms with Gasteiger partial charge >= 0.3 is 6.18 Å². The first kappa shape index (κ1) is 20.7. The molecule has 1 heterocycles. The molecule has 0 saturated heterocycles. The monoisotopic (exact) mass is 408 g/mol. The lowest BCUT2D eigenvalue weighted by molar-refractivity contribution is -0.137. The van der Waals surface area contributed by atoms with Crippen molar-refractivity contribution in [2.75, 3.05) is 6.54 Å². The first-order chi connectivity index (χ1) is 13.2. The molecular weight excluding hydrogens is 385 g/mol. The van der Waals surface area contributed by atoms with Crippen molar-refractivity contribution in [2.24, 2.45) is 5.73 Å². The van der Waals surface area contributed by atoms with Gasteiger partial charge in [0.2, 0.25) is 0 Å². The topological polar surface area (TPSA) is 41.8 Å². The largest absolute Gasteiger partial charge is 0.417 e. The fourth-order valence-corrected chi connectivity index (χ4v) is 3.85. The van der Waals surface area contributed by atoms with Crippen molar-refractivity contribution in [3.63, 3.8) is 0 Å².